The molecule has 0 aliphatic carbocycles. The first-order valence-electron chi connectivity index (χ1n) is 10.2. The van der Waals surface area contributed by atoms with Gasteiger partial charge >= 0.3 is 0 Å². The Morgan fingerprint density at radius 3 is 2.33 bits per heavy atom. The summed E-state index contributed by atoms with van der Waals surface area (Å²) < 4.78 is 21.2. The highest BCUT2D eigenvalue weighted by molar-refractivity contribution is 6.15. The molecule has 0 fully saturated rings. The summed E-state index contributed by atoms with van der Waals surface area (Å²) >= 11 is 0. The number of benzene rings is 2. The van der Waals surface area contributed by atoms with Gasteiger partial charge < -0.3 is 28.6 Å². The Morgan fingerprint density at radius 1 is 1.00 bits per heavy atom. The van der Waals surface area contributed by atoms with Crippen LogP contribution in [-0.2, 0) is 11.3 Å². The first-order chi connectivity index (χ1) is 16.0. The van der Waals surface area contributed by atoms with E-state index < -0.39 is 23.5 Å². The molecule has 0 bridgehead atoms. The van der Waals surface area contributed by atoms with Gasteiger partial charge in [0.1, 0.15) is 5.75 Å². The third kappa shape index (κ3) is 4.03. The van der Waals surface area contributed by atoms with Gasteiger partial charge in [-0.05, 0) is 47.5 Å². The lowest BCUT2D eigenvalue weighted by molar-refractivity contribution is -0.130. The number of rotatable bonds is 8. The summed E-state index contributed by atoms with van der Waals surface area (Å²) in [6.45, 7) is 0.154. The standard InChI is InChI=1S/C25H23NO7/c1-30-17-9-6-15(7-10-17)14-26-22(16-8-11-18(31-2)20(13-16)32-3)21(24(28)25(26)29)23(27)19-5-4-12-33-19/h4-13,22,28H,14H2,1-3H3. The van der Waals surface area contributed by atoms with Gasteiger partial charge in [-0.1, -0.05) is 18.2 Å². The van der Waals surface area contributed by atoms with Crippen molar-refractivity contribution in [3.05, 3.63) is 89.1 Å². The predicted molar refractivity (Wildman–Crippen MR) is 119 cm³/mol. The molecule has 0 radical (unpaired) electrons. The number of furan rings is 1. The summed E-state index contributed by atoms with van der Waals surface area (Å²) in [6.07, 6.45) is 1.36. The van der Waals surface area contributed by atoms with Gasteiger partial charge in [0.05, 0.1) is 39.2 Å². The van der Waals surface area contributed by atoms with Crippen molar-refractivity contribution in [3.63, 3.8) is 0 Å². The number of amides is 1. The smallest absolute Gasteiger partial charge is 0.290 e. The van der Waals surface area contributed by atoms with E-state index in [0.717, 1.165) is 5.56 Å². The van der Waals surface area contributed by atoms with Crippen molar-refractivity contribution < 1.29 is 33.3 Å². The van der Waals surface area contributed by atoms with Gasteiger partial charge in [0.2, 0.25) is 5.78 Å². The fourth-order valence-corrected chi connectivity index (χ4v) is 3.89. The molecule has 1 atom stereocenters. The second-order valence-electron chi connectivity index (χ2n) is 7.37. The lowest BCUT2D eigenvalue weighted by Gasteiger charge is -2.27. The molecule has 8 heteroatoms. The van der Waals surface area contributed by atoms with Gasteiger partial charge in [-0.15, -0.1) is 0 Å². The number of carbonyl (C=O) groups excluding carboxylic acids is 2. The van der Waals surface area contributed by atoms with E-state index in [1.54, 1.807) is 43.5 Å². The van der Waals surface area contributed by atoms with Crippen LogP contribution in [0.2, 0.25) is 0 Å². The lowest BCUT2D eigenvalue weighted by Crippen LogP contribution is -2.30. The van der Waals surface area contributed by atoms with Crippen LogP contribution < -0.4 is 14.2 Å². The second kappa shape index (κ2) is 9.12. The summed E-state index contributed by atoms with van der Waals surface area (Å²) in [5, 5.41) is 10.8. The number of hydrogen-bond donors (Lipinski definition) is 1. The van der Waals surface area contributed by atoms with Gasteiger partial charge in [-0.3, -0.25) is 9.59 Å². The molecule has 1 aromatic heterocycles. The summed E-state index contributed by atoms with van der Waals surface area (Å²) in [7, 11) is 4.59. The SMILES string of the molecule is COc1ccc(CN2C(=O)C(O)=C(C(=O)c3ccco3)C2c2ccc(OC)c(OC)c2)cc1. The van der Waals surface area contributed by atoms with E-state index >= 15 is 0 Å². The van der Waals surface area contributed by atoms with E-state index in [4.69, 9.17) is 18.6 Å². The maximum atomic E-state index is 13.2. The Balaban J connectivity index is 1.80. The zero-order valence-electron chi connectivity index (χ0n) is 18.4. The molecule has 170 valence electrons. The van der Waals surface area contributed by atoms with Crippen LogP contribution in [0.25, 0.3) is 0 Å². The van der Waals surface area contributed by atoms with Crippen molar-refractivity contribution in [2.45, 2.75) is 12.6 Å². The van der Waals surface area contributed by atoms with Crippen LogP contribution >= 0.6 is 0 Å². The van der Waals surface area contributed by atoms with Crippen LogP contribution in [0.3, 0.4) is 0 Å². The van der Waals surface area contributed by atoms with Crippen molar-refractivity contribution in [1.82, 2.24) is 4.90 Å². The van der Waals surface area contributed by atoms with Crippen molar-refractivity contribution >= 4 is 11.7 Å². The van der Waals surface area contributed by atoms with Crippen LogP contribution in [0.4, 0.5) is 0 Å². The highest BCUT2D eigenvalue weighted by atomic mass is 16.5. The minimum Gasteiger partial charge on any atom is -0.503 e. The van der Waals surface area contributed by atoms with Crippen LogP contribution in [0.1, 0.15) is 27.7 Å². The molecule has 1 N–H and O–H groups in total. The normalized spacial score (nSPS) is 15.7. The Bertz CT molecular complexity index is 1200. The Hall–Kier alpha value is -4.20. The van der Waals surface area contributed by atoms with Crippen LogP contribution in [0, 0.1) is 0 Å². The Kier molecular flexibility index (Phi) is 6.08. The molecule has 1 amide bonds. The highest BCUT2D eigenvalue weighted by Crippen LogP contribution is 2.42. The van der Waals surface area contributed by atoms with E-state index in [9.17, 15) is 14.7 Å². The third-order valence-electron chi connectivity index (χ3n) is 5.53. The number of ketones is 1. The van der Waals surface area contributed by atoms with Gasteiger partial charge in [0, 0.05) is 6.54 Å². The van der Waals surface area contributed by atoms with E-state index in [0.29, 0.717) is 22.8 Å². The zero-order chi connectivity index (χ0) is 23.5. The topological polar surface area (TPSA) is 98.4 Å². The Labute approximate surface area is 190 Å². The summed E-state index contributed by atoms with van der Waals surface area (Å²) in [6, 6.07) is 14.5. The summed E-state index contributed by atoms with van der Waals surface area (Å²) in [5.41, 5.74) is 1.32. The van der Waals surface area contributed by atoms with Gasteiger partial charge in [-0.2, -0.15) is 0 Å². The van der Waals surface area contributed by atoms with E-state index in [1.807, 2.05) is 12.1 Å². The van der Waals surface area contributed by atoms with Crippen molar-refractivity contribution in [1.29, 1.82) is 0 Å². The number of ether oxygens (including phenoxy) is 3. The molecule has 2 heterocycles. The summed E-state index contributed by atoms with van der Waals surface area (Å²) in [5.74, 6) is -0.186. The van der Waals surface area contributed by atoms with E-state index in [1.165, 1.54) is 31.4 Å². The fourth-order valence-electron chi connectivity index (χ4n) is 3.89. The number of aliphatic hydroxyl groups excluding tert-OH is 1. The van der Waals surface area contributed by atoms with Gasteiger partial charge in [0.25, 0.3) is 5.91 Å². The average Bonchev–Trinajstić information content (AvgIpc) is 3.47. The number of nitrogens with zero attached hydrogens (tertiary/aromatic N) is 1. The molecule has 8 nitrogen and oxygen atoms in total. The first kappa shape index (κ1) is 22.0. The number of methoxy groups -OCH3 is 3. The van der Waals surface area contributed by atoms with Crippen molar-refractivity contribution in [3.8, 4) is 17.2 Å². The number of Topliss-reactive ketones (excluding diaryl/α,β-unsaturated/α-hetero) is 1. The largest absolute Gasteiger partial charge is 0.503 e. The molecular formula is C25H23NO7. The molecule has 2 aromatic carbocycles. The van der Waals surface area contributed by atoms with Crippen LogP contribution in [-0.4, -0.2) is 43.0 Å². The van der Waals surface area contributed by atoms with Crippen molar-refractivity contribution in [2.75, 3.05) is 21.3 Å². The fraction of sp³-hybridized carbons (Fsp3) is 0.200. The van der Waals surface area contributed by atoms with Gasteiger partial charge in [-0.25, -0.2) is 0 Å². The van der Waals surface area contributed by atoms with E-state index in [2.05, 4.69) is 0 Å². The third-order valence-corrected chi connectivity index (χ3v) is 5.53. The second-order valence-corrected chi connectivity index (χ2v) is 7.37. The molecule has 1 aliphatic rings. The first-order valence-corrected chi connectivity index (χ1v) is 10.2. The number of hydrogen-bond acceptors (Lipinski definition) is 7. The Morgan fingerprint density at radius 2 is 1.73 bits per heavy atom. The molecule has 0 saturated carbocycles. The monoisotopic (exact) mass is 449 g/mol. The number of carbonyl (C=O) groups is 2. The predicted octanol–water partition coefficient (Wildman–Crippen LogP) is 4.08. The molecule has 1 unspecified atom stereocenters. The van der Waals surface area contributed by atoms with Gasteiger partial charge in [0.15, 0.2) is 23.0 Å². The highest BCUT2D eigenvalue weighted by Gasteiger charge is 2.44. The lowest BCUT2D eigenvalue weighted by atomic mass is 9.94. The quantitative estimate of drug-likeness (QED) is 0.517. The molecule has 3 aromatic rings. The van der Waals surface area contributed by atoms with Crippen LogP contribution in [0.15, 0.2) is 76.6 Å². The average molecular weight is 449 g/mol. The maximum Gasteiger partial charge on any atom is 0.290 e. The molecule has 33 heavy (non-hydrogen) atoms. The zero-order valence-corrected chi connectivity index (χ0v) is 18.4. The molecule has 1 aliphatic heterocycles. The maximum absolute atomic E-state index is 13.2. The molecular weight excluding hydrogens is 426 g/mol. The minimum absolute atomic E-state index is 0.0288. The minimum atomic E-state index is -0.864. The van der Waals surface area contributed by atoms with Crippen LogP contribution in [0.5, 0.6) is 17.2 Å². The molecule has 0 spiro atoms. The summed E-state index contributed by atoms with van der Waals surface area (Å²) in [4.78, 5) is 27.8. The van der Waals surface area contributed by atoms with E-state index in [-0.39, 0.29) is 17.9 Å². The van der Waals surface area contributed by atoms with Crippen molar-refractivity contribution in [2.24, 2.45) is 0 Å². The number of aliphatic hydroxyl groups is 1. The molecule has 0 saturated heterocycles. The molecule has 4 rings (SSSR count).